The second kappa shape index (κ2) is 6.16. The summed E-state index contributed by atoms with van der Waals surface area (Å²) in [5.41, 5.74) is 1.72. The summed E-state index contributed by atoms with van der Waals surface area (Å²) in [4.78, 5) is 0. The zero-order chi connectivity index (χ0) is 13.6. The molecule has 0 aliphatic heterocycles. The van der Waals surface area contributed by atoms with Crippen LogP contribution in [0.15, 0.2) is 71.5 Å². The molecule has 2 rings (SSSR count). The van der Waals surface area contributed by atoms with Crippen LogP contribution in [0.25, 0.3) is 12.2 Å². The summed E-state index contributed by atoms with van der Waals surface area (Å²) in [7, 11) is -3.34. The first-order valence-electron chi connectivity index (χ1n) is 5.87. The zero-order valence-electron chi connectivity index (χ0n) is 10.3. The van der Waals surface area contributed by atoms with Crippen LogP contribution in [0.1, 0.15) is 11.1 Å². The third-order valence-corrected chi connectivity index (χ3v) is 3.53. The highest BCUT2D eigenvalue weighted by Gasteiger charge is 1.99. The van der Waals surface area contributed by atoms with Crippen LogP contribution in [0.4, 0.5) is 0 Å². The van der Waals surface area contributed by atoms with Gasteiger partial charge >= 0.3 is 0 Å². The molecule has 0 unspecified atom stereocenters. The summed E-state index contributed by atoms with van der Waals surface area (Å²) in [6, 6.07) is 18.7. The molecule has 0 bridgehead atoms. The van der Waals surface area contributed by atoms with E-state index in [1.165, 1.54) is 10.8 Å². The highest BCUT2D eigenvalue weighted by molar-refractivity contribution is 7.97. The van der Waals surface area contributed by atoms with Gasteiger partial charge in [-0.25, -0.2) is 8.42 Å². The number of hydrogen-bond donors (Lipinski definition) is 0. The van der Waals surface area contributed by atoms with Gasteiger partial charge in [0.05, 0.1) is 0 Å². The van der Waals surface area contributed by atoms with Gasteiger partial charge in [0.15, 0.2) is 9.84 Å². The van der Waals surface area contributed by atoms with E-state index in [1.54, 1.807) is 12.2 Å². The first-order chi connectivity index (χ1) is 9.16. The lowest BCUT2D eigenvalue weighted by atomic mass is 10.2. The number of benzene rings is 2. The van der Waals surface area contributed by atoms with Gasteiger partial charge in [0.1, 0.15) is 0 Å². The zero-order valence-corrected chi connectivity index (χ0v) is 11.1. The quantitative estimate of drug-likeness (QED) is 0.848. The van der Waals surface area contributed by atoms with Crippen molar-refractivity contribution in [3.63, 3.8) is 0 Å². The Hall–Kier alpha value is -2.13. The molecule has 0 saturated heterocycles. The van der Waals surface area contributed by atoms with Gasteiger partial charge in [-0.2, -0.15) is 0 Å². The van der Waals surface area contributed by atoms with Gasteiger partial charge in [0.25, 0.3) is 0 Å². The SMILES string of the molecule is O=S(=O)(C=Cc1ccccc1)C=Cc1ccccc1. The Morgan fingerprint density at radius 3 is 1.37 bits per heavy atom. The van der Waals surface area contributed by atoms with Crippen molar-refractivity contribution in [1.82, 2.24) is 0 Å². The van der Waals surface area contributed by atoms with E-state index in [9.17, 15) is 8.42 Å². The smallest absolute Gasteiger partial charge is 0.193 e. The van der Waals surface area contributed by atoms with Crippen molar-refractivity contribution in [1.29, 1.82) is 0 Å². The minimum Gasteiger partial charge on any atom is -0.220 e. The second-order valence-electron chi connectivity index (χ2n) is 4.02. The Morgan fingerprint density at radius 1 is 0.632 bits per heavy atom. The first kappa shape index (κ1) is 13.3. The fourth-order valence-corrected chi connectivity index (χ4v) is 2.30. The van der Waals surface area contributed by atoms with E-state index in [2.05, 4.69) is 0 Å². The third-order valence-electron chi connectivity index (χ3n) is 2.50. The molecule has 0 N–H and O–H groups in total. The van der Waals surface area contributed by atoms with Crippen LogP contribution < -0.4 is 0 Å². The second-order valence-corrected chi connectivity index (χ2v) is 5.74. The summed E-state index contributed by atoms with van der Waals surface area (Å²) in [6.07, 6.45) is 3.18. The number of rotatable bonds is 4. The Balaban J connectivity index is 2.12. The molecule has 0 heterocycles. The lowest BCUT2D eigenvalue weighted by Crippen LogP contribution is -1.87. The van der Waals surface area contributed by atoms with Crippen LogP contribution in [0.3, 0.4) is 0 Å². The van der Waals surface area contributed by atoms with E-state index >= 15 is 0 Å². The molecular formula is C16H14O2S. The topological polar surface area (TPSA) is 34.1 Å². The Labute approximate surface area is 113 Å². The molecule has 0 aromatic heterocycles. The molecule has 0 spiro atoms. The normalized spacial score (nSPS) is 12.2. The fraction of sp³-hybridized carbons (Fsp3) is 0. The summed E-state index contributed by atoms with van der Waals surface area (Å²) in [6.45, 7) is 0. The molecule has 0 fully saturated rings. The minimum atomic E-state index is -3.34. The predicted molar refractivity (Wildman–Crippen MR) is 79.9 cm³/mol. The molecule has 0 amide bonds. The minimum absolute atomic E-state index is 0.860. The lowest BCUT2D eigenvalue weighted by molar-refractivity contribution is 0.613. The predicted octanol–water partition coefficient (Wildman–Crippen LogP) is 3.74. The molecule has 19 heavy (non-hydrogen) atoms. The van der Waals surface area contributed by atoms with E-state index < -0.39 is 9.84 Å². The van der Waals surface area contributed by atoms with Gasteiger partial charge in [0.2, 0.25) is 0 Å². The van der Waals surface area contributed by atoms with Gasteiger partial charge in [0, 0.05) is 10.8 Å². The fourth-order valence-electron chi connectivity index (χ4n) is 1.52. The molecule has 0 saturated carbocycles. The molecule has 2 aromatic carbocycles. The van der Waals surface area contributed by atoms with Crippen molar-refractivity contribution in [3.05, 3.63) is 82.6 Å². The van der Waals surface area contributed by atoms with E-state index in [1.807, 2.05) is 60.7 Å². The highest BCUT2D eigenvalue weighted by atomic mass is 32.2. The molecule has 0 aliphatic rings. The maximum absolute atomic E-state index is 11.8. The van der Waals surface area contributed by atoms with Crippen molar-refractivity contribution < 1.29 is 8.42 Å². The van der Waals surface area contributed by atoms with Gasteiger partial charge in [-0.1, -0.05) is 60.7 Å². The van der Waals surface area contributed by atoms with Crippen molar-refractivity contribution in [2.24, 2.45) is 0 Å². The Kier molecular flexibility index (Phi) is 4.31. The van der Waals surface area contributed by atoms with Crippen LogP contribution in [-0.2, 0) is 9.84 Å². The van der Waals surface area contributed by atoms with Crippen molar-refractivity contribution in [2.45, 2.75) is 0 Å². The molecule has 0 atom stereocenters. The average molecular weight is 270 g/mol. The van der Waals surface area contributed by atoms with Crippen LogP contribution in [0.2, 0.25) is 0 Å². The van der Waals surface area contributed by atoms with E-state index in [4.69, 9.17) is 0 Å². The van der Waals surface area contributed by atoms with Gasteiger partial charge in [-0.05, 0) is 23.3 Å². The van der Waals surface area contributed by atoms with E-state index in [-0.39, 0.29) is 0 Å². The lowest BCUT2D eigenvalue weighted by Gasteiger charge is -1.93. The maximum atomic E-state index is 11.8. The molecule has 2 nitrogen and oxygen atoms in total. The van der Waals surface area contributed by atoms with Crippen LogP contribution in [0.5, 0.6) is 0 Å². The maximum Gasteiger partial charge on any atom is 0.193 e. The third kappa shape index (κ3) is 4.56. The number of hydrogen-bond acceptors (Lipinski definition) is 2. The van der Waals surface area contributed by atoms with Gasteiger partial charge < -0.3 is 0 Å². The highest BCUT2D eigenvalue weighted by Crippen LogP contribution is 2.07. The van der Waals surface area contributed by atoms with E-state index in [0.717, 1.165) is 11.1 Å². The van der Waals surface area contributed by atoms with Crippen molar-refractivity contribution in [2.75, 3.05) is 0 Å². The van der Waals surface area contributed by atoms with E-state index in [0.29, 0.717) is 0 Å². The molecule has 3 heteroatoms. The van der Waals surface area contributed by atoms with Crippen LogP contribution in [0, 0.1) is 0 Å². The summed E-state index contributed by atoms with van der Waals surface area (Å²) in [5, 5.41) is 2.42. The Bertz CT molecular complexity index is 614. The monoisotopic (exact) mass is 270 g/mol. The number of sulfone groups is 1. The summed E-state index contributed by atoms with van der Waals surface area (Å²) in [5.74, 6) is 0. The molecule has 96 valence electrons. The molecule has 0 aliphatic carbocycles. The standard InChI is InChI=1S/C16H14O2S/c17-19(18,13-11-15-7-3-1-4-8-15)14-12-16-9-5-2-6-10-16/h1-14H. The average Bonchev–Trinajstić information content (AvgIpc) is 2.46. The Morgan fingerprint density at radius 2 is 1.00 bits per heavy atom. The molecular weight excluding hydrogens is 256 g/mol. The largest absolute Gasteiger partial charge is 0.220 e. The van der Waals surface area contributed by atoms with Crippen LogP contribution >= 0.6 is 0 Å². The van der Waals surface area contributed by atoms with Gasteiger partial charge in [-0.15, -0.1) is 0 Å². The van der Waals surface area contributed by atoms with Crippen LogP contribution in [-0.4, -0.2) is 8.42 Å². The van der Waals surface area contributed by atoms with Crippen molar-refractivity contribution >= 4 is 22.0 Å². The van der Waals surface area contributed by atoms with Gasteiger partial charge in [-0.3, -0.25) is 0 Å². The summed E-state index contributed by atoms with van der Waals surface area (Å²) < 4.78 is 23.6. The molecule has 0 radical (unpaired) electrons. The summed E-state index contributed by atoms with van der Waals surface area (Å²) >= 11 is 0. The molecule has 2 aromatic rings. The van der Waals surface area contributed by atoms with Crippen molar-refractivity contribution in [3.8, 4) is 0 Å². The first-order valence-corrected chi connectivity index (χ1v) is 7.48.